The molecule has 0 saturated heterocycles. The molecule has 0 radical (unpaired) electrons. The molecule has 0 spiro atoms. The third-order valence-electron chi connectivity index (χ3n) is 3.02. The maximum Gasteiger partial charge on any atom is 0.417 e. The van der Waals surface area contributed by atoms with E-state index in [0.717, 1.165) is 18.9 Å². The Morgan fingerprint density at radius 2 is 2.00 bits per heavy atom. The first-order valence-corrected chi connectivity index (χ1v) is 5.88. The van der Waals surface area contributed by atoms with Crippen molar-refractivity contribution in [2.45, 2.75) is 31.5 Å². The van der Waals surface area contributed by atoms with Gasteiger partial charge in [0.15, 0.2) is 0 Å². The van der Waals surface area contributed by atoms with Crippen molar-refractivity contribution in [3.63, 3.8) is 0 Å². The van der Waals surface area contributed by atoms with Crippen molar-refractivity contribution in [2.24, 2.45) is 11.7 Å². The highest BCUT2D eigenvalue weighted by molar-refractivity contribution is 6.32. The predicted octanol–water partition coefficient (Wildman–Crippen LogP) is 4.16. The molecule has 1 aliphatic carbocycles. The molecule has 0 amide bonds. The third kappa shape index (κ3) is 2.93. The Morgan fingerprint density at radius 1 is 1.35 bits per heavy atom. The van der Waals surface area contributed by atoms with Gasteiger partial charge in [-0.05, 0) is 24.0 Å². The SMILES string of the molecule is N[C@H](CC1CC1)c1cccc(C(F)(F)F)c1Cl. The maximum absolute atomic E-state index is 12.6. The molecule has 0 aliphatic heterocycles. The summed E-state index contributed by atoms with van der Waals surface area (Å²) in [6.07, 6.45) is -1.48. The van der Waals surface area contributed by atoms with Gasteiger partial charge in [-0.25, -0.2) is 0 Å². The van der Waals surface area contributed by atoms with Crippen LogP contribution in [0.4, 0.5) is 13.2 Å². The quantitative estimate of drug-likeness (QED) is 0.871. The molecule has 2 N–H and O–H groups in total. The summed E-state index contributed by atoms with van der Waals surface area (Å²) in [5, 5.41) is -0.256. The molecular formula is C12H13ClF3N. The first-order valence-electron chi connectivity index (χ1n) is 5.50. The van der Waals surface area contributed by atoms with E-state index in [-0.39, 0.29) is 5.02 Å². The highest BCUT2D eigenvalue weighted by Crippen LogP contribution is 2.41. The monoisotopic (exact) mass is 263 g/mol. The van der Waals surface area contributed by atoms with E-state index in [1.165, 1.54) is 6.07 Å². The molecule has 17 heavy (non-hydrogen) atoms. The third-order valence-corrected chi connectivity index (χ3v) is 3.44. The van der Waals surface area contributed by atoms with Crippen LogP contribution < -0.4 is 5.73 Å². The lowest BCUT2D eigenvalue weighted by molar-refractivity contribution is -0.137. The zero-order chi connectivity index (χ0) is 12.6. The second kappa shape index (κ2) is 4.50. The normalized spacial score (nSPS) is 18.2. The molecular weight excluding hydrogens is 251 g/mol. The molecule has 1 aliphatic rings. The second-order valence-corrected chi connectivity index (χ2v) is 4.87. The standard InChI is InChI=1S/C12H13ClF3N/c13-11-8(10(17)6-7-4-5-7)2-1-3-9(11)12(14,15)16/h1-3,7,10H,4-6,17H2/t10-/m1/s1. The van der Waals surface area contributed by atoms with Gasteiger partial charge in [-0.1, -0.05) is 36.6 Å². The van der Waals surface area contributed by atoms with Gasteiger partial charge in [-0.3, -0.25) is 0 Å². The van der Waals surface area contributed by atoms with Crippen LogP contribution in [0.5, 0.6) is 0 Å². The van der Waals surface area contributed by atoms with Crippen molar-refractivity contribution in [1.82, 2.24) is 0 Å². The number of halogens is 4. The van der Waals surface area contributed by atoms with E-state index in [4.69, 9.17) is 17.3 Å². The molecule has 1 fully saturated rings. The van der Waals surface area contributed by atoms with Gasteiger partial charge in [-0.15, -0.1) is 0 Å². The molecule has 1 saturated carbocycles. The molecule has 2 rings (SSSR count). The van der Waals surface area contributed by atoms with Gasteiger partial charge in [-0.2, -0.15) is 13.2 Å². The van der Waals surface area contributed by atoms with Gasteiger partial charge in [0.2, 0.25) is 0 Å². The Kier molecular flexibility index (Phi) is 3.36. The molecule has 0 unspecified atom stereocenters. The van der Waals surface area contributed by atoms with Gasteiger partial charge < -0.3 is 5.73 Å². The van der Waals surface area contributed by atoms with Gasteiger partial charge in [0, 0.05) is 6.04 Å². The van der Waals surface area contributed by atoms with E-state index in [2.05, 4.69) is 0 Å². The van der Waals surface area contributed by atoms with E-state index in [1.807, 2.05) is 0 Å². The smallest absolute Gasteiger partial charge is 0.324 e. The van der Waals surface area contributed by atoms with Crippen LogP contribution >= 0.6 is 11.6 Å². The first kappa shape index (κ1) is 12.7. The average Bonchev–Trinajstić information content (AvgIpc) is 3.00. The summed E-state index contributed by atoms with van der Waals surface area (Å²) < 4.78 is 37.9. The fraction of sp³-hybridized carbons (Fsp3) is 0.500. The number of nitrogens with two attached hydrogens (primary N) is 1. The minimum absolute atomic E-state index is 0.256. The zero-order valence-electron chi connectivity index (χ0n) is 9.10. The van der Waals surface area contributed by atoms with E-state index in [1.54, 1.807) is 6.07 Å². The molecule has 5 heteroatoms. The fourth-order valence-electron chi connectivity index (χ4n) is 1.89. The van der Waals surface area contributed by atoms with Crippen LogP contribution in [0.3, 0.4) is 0 Å². The summed E-state index contributed by atoms with van der Waals surface area (Å²) in [6.45, 7) is 0. The van der Waals surface area contributed by atoms with Gasteiger partial charge in [0.25, 0.3) is 0 Å². The lowest BCUT2D eigenvalue weighted by Gasteiger charge is -2.17. The minimum Gasteiger partial charge on any atom is -0.324 e. The van der Waals surface area contributed by atoms with Crippen LogP contribution in [0.15, 0.2) is 18.2 Å². The summed E-state index contributed by atoms with van der Waals surface area (Å²) in [6, 6.07) is 3.51. The largest absolute Gasteiger partial charge is 0.417 e. The van der Waals surface area contributed by atoms with E-state index < -0.39 is 17.8 Å². The van der Waals surface area contributed by atoms with E-state index >= 15 is 0 Å². The number of benzene rings is 1. The zero-order valence-corrected chi connectivity index (χ0v) is 9.85. The van der Waals surface area contributed by atoms with Gasteiger partial charge in [0.1, 0.15) is 0 Å². The number of hydrogen-bond donors (Lipinski definition) is 1. The highest BCUT2D eigenvalue weighted by Gasteiger charge is 2.35. The van der Waals surface area contributed by atoms with Gasteiger partial charge >= 0.3 is 6.18 Å². The lowest BCUT2D eigenvalue weighted by atomic mass is 9.99. The van der Waals surface area contributed by atoms with Crippen molar-refractivity contribution < 1.29 is 13.2 Å². The Labute approximate surface area is 103 Å². The van der Waals surface area contributed by atoms with E-state index in [9.17, 15) is 13.2 Å². The first-order chi connectivity index (χ1) is 7.89. The topological polar surface area (TPSA) is 26.0 Å². The molecule has 1 aromatic carbocycles. The molecule has 0 bridgehead atoms. The highest BCUT2D eigenvalue weighted by atomic mass is 35.5. The van der Waals surface area contributed by atoms with Crippen LogP contribution in [0.1, 0.15) is 36.4 Å². The molecule has 94 valence electrons. The molecule has 1 aromatic rings. The van der Waals surface area contributed by atoms with Crippen molar-refractivity contribution in [3.05, 3.63) is 34.3 Å². The number of hydrogen-bond acceptors (Lipinski definition) is 1. The van der Waals surface area contributed by atoms with Gasteiger partial charge in [0.05, 0.1) is 10.6 Å². The summed E-state index contributed by atoms with van der Waals surface area (Å²) in [7, 11) is 0. The number of alkyl halides is 3. The van der Waals surface area contributed by atoms with Crippen molar-refractivity contribution in [2.75, 3.05) is 0 Å². The summed E-state index contributed by atoms with van der Waals surface area (Å²) >= 11 is 5.79. The molecule has 0 heterocycles. The lowest BCUT2D eigenvalue weighted by Crippen LogP contribution is -2.14. The number of rotatable bonds is 3. The van der Waals surface area contributed by atoms with Crippen molar-refractivity contribution in [1.29, 1.82) is 0 Å². The summed E-state index contributed by atoms with van der Waals surface area (Å²) in [5.74, 6) is 0.551. The van der Waals surface area contributed by atoms with Crippen LogP contribution in [-0.4, -0.2) is 0 Å². The van der Waals surface area contributed by atoms with Crippen LogP contribution in [0.2, 0.25) is 5.02 Å². The maximum atomic E-state index is 12.6. The molecule has 1 atom stereocenters. The Bertz CT molecular complexity index is 413. The van der Waals surface area contributed by atoms with Crippen LogP contribution in [0, 0.1) is 5.92 Å². The second-order valence-electron chi connectivity index (χ2n) is 4.49. The van der Waals surface area contributed by atoms with Crippen molar-refractivity contribution in [3.8, 4) is 0 Å². The van der Waals surface area contributed by atoms with Crippen LogP contribution in [-0.2, 0) is 6.18 Å². The average molecular weight is 264 g/mol. The molecule has 0 aromatic heterocycles. The Morgan fingerprint density at radius 3 is 2.53 bits per heavy atom. The summed E-state index contributed by atoms with van der Waals surface area (Å²) in [5.41, 5.74) is 5.49. The van der Waals surface area contributed by atoms with Crippen molar-refractivity contribution >= 4 is 11.6 Å². The minimum atomic E-state index is -4.42. The Hall–Kier alpha value is -0.740. The fourth-order valence-corrected chi connectivity index (χ4v) is 2.27. The summed E-state index contributed by atoms with van der Waals surface area (Å²) in [4.78, 5) is 0. The predicted molar refractivity (Wildman–Crippen MR) is 60.7 cm³/mol. The Balaban J connectivity index is 2.27. The van der Waals surface area contributed by atoms with E-state index in [0.29, 0.717) is 17.9 Å². The molecule has 1 nitrogen and oxygen atoms in total. The van der Waals surface area contributed by atoms with Crippen LogP contribution in [0.25, 0.3) is 0 Å².